The number of aromatic amines is 1. The molecule has 0 radical (unpaired) electrons. The summed E-state index contributed by atoms with van der Waals surface area (Å²) in [7, 11) is 0. The highest BCUT2D eigenvalue weighted by atomic mass is 16.6. The molecule has 96 valence electrons. The Hall–Kier alpha value is -1.49. The Kier molecular flexibility index (Phi) is 4.57. The van der Waals surface area contributed by atoms with Gasteiger partial charge in [0.1, 0.15) is 5.60 Å². The van der Waals surface area contributed by atoms with Crippen LogP contribution in [-0.4, -0.2) is 34.4 Å². The second kappa shape index (κ2) is 5.72. The number of aromatic nitrogens is 1. The van der Waals surface area contributed by atoms with Crippen LogP contribution in [0.4, 0.5) is 4.79 Å². The average molecular weight is 240 g/mol. The Morgan fingerprint density at radius 3 is 2.76 bits per heavy atom. The molecule has 1 unspecified atom stereocenters. The van der Waals surface area contributed by atoms with Crippen molar-refractivity contribution in [2.75, 3.05) is 6.61 Å². The lowest BCUT2D eigenvalue weighted by Gasteiger charge is -2.22. The first-order valence-corrected chi connectivity index (χ1v) is 5.63. The molecule has 1 heterocycles. The highest BCUT2D eigenvalue weighted by molar-refractivity contribution is 5.68. The molecular formula is C12H20N2O3. The second-order valence-corrected chi connectivity index (χ2v) is 4.93. The number of aliphatic hydroxyl groups excluding tert-OH is 1. The van der Waals surface area contributed by atoms with Gasteiger partial charge in [-0.3, -0.25) is 0 Å². The summed E-state index contributed by atoms with van der Waals surface area (Å²) in [5.41, 5.74) is 0.427. The second-order valence-electron chi connectivity index (χ2n) is 4.93. The van der Waals surface area contributed by atoms with Crippen molar-refractivity contribution in [2.45, 2.75) is 38.8 Å². The number of rotatable bonds is 4. The molecule has 3 N–H and O–H groups in total. The van der Waals surface area contributed by atoms with Crippen LogP contribution in [0.5, 0.6) is 0 Å². The van der Waals surface area contributed by atoms with Gasteiger partial charge in [-0.05, 0) is 32.9 Å². The van der Waals surface area contributed by atoms with Crippen LogP contribution in [0.15, 0.2) is 18.3 Å². The van der Waals surface area contributed by atoms with Crippen LogP contribution in [0, 0.1) is 0 Å². The first-order valence-electron chi connectivity index (χ1n) is 5.63. The minimum absolute atomic E-state index is 0.127. The normalized spacial score (nSPS) is 13.2. The molecule has 0 aromatic carbocycles. The number of aliphatic hydroxyl groups is 1. The van der Waals surface area contributed by atoms with E-state index >= 15 is 0 Å². The molecule has 1 atom stereocenters. The van der Waals surface area contributed by atoms with Gasteiger partial charge in [0, 0.05) is 18.3 Å². The van der Waals surface area contributed by atoms with E-state index in [0.717, 1.165) is 5.69 Å². The quantitative estimate of drug-likeness (QED) is 0.745. The number of carbonyl (C=O) groups is 1. The van der Waals surface area contributed by atoms with Gasteiger partial charge in [-0.1, -0.05) is 0 Å². The lowest BCUT2D eigenvalue weighted by Crippen LogP contribution is -2.42. The summed E-state index contributed by atoms with van der Waals surface area (Å²) in [5.74, 6) is 0. The van der Waals surface area contributed by atoms with Crippen molar-refractivity contribution in [3.05, 3.63) is 24.0 Å². The fraction of sp³-hybridized carbons (Fsp3) is 0.583. The van der Waals surface area contributed by atoms with Gasteiger partial charge >= 0.3 is 6.09 Å². The number of carbonyl (C=O) groups excluding carboxylic acids is 1. The highest BCUT2D eigenvalue weighted by Crippen LogP contribution is 2.07. The van der Waals surface area contributed by atoms with Crippen LogP contribution < -0.4 is 5.32 Å². The maximum Gasteiger partial charge on any atom is 0.407 e. The zero-order chi connectivity index (χ0) is 12.9. The average Bonchev–Trinajstić information content (AvgIpc) is 2.66. The third-order valence-electron chi connectivity index (χ3n) is 2.07. The predicted molar refractivity (Wildman–Crippen MR) is 64.7 cm³/mol. The first kappa shape index (κ1) is 13.6. The number of alkyl carbamates (subject to hydrolysis) is 1. The first-order chi connectivity index (χ1) is 7.90. The predicted octanol–water partition coefficient (Wildman–Crippen LogP) is 1.44. The van der Waals surface area contributed by atoms with Crippen molar-refractivity contribution in [1.82, 2.24) is 10.3 Å². The minimum atomic E-state index is -0.531. The molecule has 1 aromatic heterocycles. The maximum atomic E-state index is 11.5. The van der Waals surface area contributed by atoms with E-state index in [4.69, 9.17) is 4.74 Å². The van der Waals surface area contributed by atoms with Crippen LogP contribution >= 0.6 is 0 Å². The fourth-order valence-corrected chi connectivity index (χ4v) is 1.40. The van der Waals surface area contributed by atoms with Crippen molar-refractivity contribution in [3.63, 3.8) is 0 Å². The number of hydrogen-bond donors (Lipinski definition) is 3. The molecule has 0 aliphatic carbocycles. The van der Waals surface area contributed by atoms with Crippen molar-refractivity contribution in [3.8, 4) is 0 Å². The van der Waals surface area contributed by atoms with Crippen molar-refractivity contribution < 1.29 is 14.6 Å². The molecule has 1 aromatic rings. The molecule has 0 aliphatic rings. The molecule has 1 amide bonds. The van der Waals surface area contributed by atoms with Gasteiger partial charge in [0.2, 0.25) is 0 Å². The third-order valence-corrected chi connectivity index (χ3v) is 2.07. The summed E-state index contributed by atoms with van der Waals surface area (Å²) in [6.07, 6.45) is 1.84. The van der Waals surface area contributed by atoms with E-state index in [2.05, 4.69) is 10.3 Å². The highest BCUT2D eigenvalue weighted by Gasteiger charge is 2.19. The third kappa shape index (κ3) is 5.40. The molecule has 5 heteroatoms. The molecule has 0 bridgehead atoms. The van der Waals surface area contributed by atoms with Crippen molar-refractivity contribution in [2.24, 2.45) is 0 Å². The van der Waals surface area contributed by atoms with E-state index in [9.17, 15) is 9.90 Å². The van der Waals surface area contributed by atoms with Gasteiger partial charge < -0.3 is 20.1 Å². The van der Waals surface area contributed by atoms with Gasteiger partial charge in [0.05, 0.1) is 12.6 Å². The lowest BCUT2D eigenvalue weighted by molar-refractivity contribution is 0.0482. The summed E-state index contributed by atoms with van der Waals surface area (Å²) in [4.78, 5) is 14.5. The summed E-state index contributed by atoms with van der Waals surface area (Å²) in [6.45, 7) is 5.26. The Labute approximate surface area is 101 Å². The molecule has 0 saturated heterocycles. The molecule has 0 aliphatic heterocycles. The Morgan fingerprint density at radius 2 is 2.29 bits per heavy atom. The molecular weight excluding hydrogens is 220 g/mol. The monoisotopic (exact) mass is 240 g/mol. The summed E-state index contributed by atoms with van der Waals surface area (Å²) >= 11 is 0. The van der Waals surface area contributed by atoms with E-state index in [1.165, 1.54) is 0 Å². The number of ether oxygens (including phenoxy) is 1. The molecule has 0 spiro atoms. The van der Waals surface area contributed by atoms with Crippen molar-refractivity contribution >= 4 is 6.09 Å². The minimum Gasteiger partial charge on any atom is -0.444 e. The maximum absolute atomic E-state index is 11.5. The summed E-state index contributed by atoms with van der Waals surface area (Å²) in [5, 5.41) is 11.8. The van der Waals surface area contributed by atoms with Gasteiger partial charge in [0.15, 0.2) is 0 Å². The summed E-state index contributed by atoms with van der Waals surface area (Å²) in [6, 6.07) is 3.43. The van der Waals surface area contributed by atoms with Gasteiger partial charge in [-0.25, -0.2) is 4.79 Å². The topological polar surface area (TPSA) is 74.3 Å². The standard InChI is InChI=1S/C12H20N2O3/c1-12(2,3)17-11(16)14-10(8-15)7-9-5-4-6-13-9/h4-6,10,13,15H,7-8H2,1-3H3,(H,14,16). The number of H-pyrrole nitrogens is 1. The van der Waals surface area contributed by atoms with Crippen LogP contribution in [0.2, 0.25) is 0 Å². The lowest BCUT2D eigenvalue weighted by atomic mass is 10.1. The van der Waals surface area contributed by atoms with Crippen LogP contribution in [0.25, 0.3) is 0 Å². The van der Waals surface area contributed by atoms with Crippen molar-refractivity contribution in [1.29, 1.82) is 0 Å². The zero-order valence-corrected chi connectivity index (χ0v) is 10.5. The molecule has 17 heavy (non-hydrogen) atoms. The molecule has 1 rings (SSSR count). The van der Waals surface area contributed by atoms with Gasteiger partial charge in [-0.2, -0.15) is 0 Å². The number of hydrogen-bond acceptors (Lipinski definition) is 3. The van der Waals surface area contributed by atoms with E-state index in [-0.39, 0.29) is 12.6 Å². The van der Waals surface area contributed by atoms with E-state index < -0.39 is 11.7 Å². The van der Waals surface area contributed by atoms with Crippen LogP contribution in [-0.2, 0) is 11.2 Å². The van der Waals surface area contributed by atoms with E-state index in [1.54, 1.807) is 27.0 Å². The van der Waals surface area contributed by atoms with Gasteiger partial charge in [0.25, 0.3) is 0 Å². The largest absolute Gasteiger partial charge is 0.444 e. The smallest absolute Gasteiger partial charge is 0.407 e. The van der Waals surface area contributed by atoms with Crippen LogP contribution in [0.1, 0.15) is 26.5 Å². The SMILES string of the molecule is CC(C)(C)OC(=O)NC(CO)Cc1ccc[nH]1. The molecule has 0 fully saturated rings. The van der Waals surface area contributed by atoms with Gasteiger partial charge in [-0.15, -0.1) is 0 Å². The summed E-state index contributed by atoms with van der Waals surface area (Å²) < 4.78 is 5.12. The van der Waals surface area contributed by atoms with E-state index in [1.807, 2.05) is 12.1 Å². The molecule has 0 saturated carbocycles. The number of nitrogens with one attached hydrogen (secondary N) is 2. The van der Waals surface area contributed by atoms with Crippen LogP contribution in [0.3, 0.4) is 0 Å². The molecule has 5 nitrogen and oxygen atoms in total. The van der Waals surface area contributed by atoms with E-state index in [0.29, 0.717) is 6.42 Å². The number of amides is 1. The zero-order valence-electron chi connectivity index (χ0n) is 10.5. The Bertz CT molecular complexity index is 341. The fourth-order valence-electron chi connectivity index (χ4n) is 1.40. The Morgan fingerprint density at radius 1 is 1.59 bits per heavy atom. The Balaban J connectivity index is 2.44.